The molecule has 0 unspecified atom stereocenters. The van der Waals surface area contributed by atoms with Crippen molar-refractivity contribution in [2.45, 2.75) is 32.7 Å². The minimum Gasteiger partial charge on any atom is -0.373 e. The molecule has 0 radical (unpaired) electrons. The monoisotopic (exact) mass is 263 g/mol. The van der Waals surface area contributed by atoms with Crippen molar-refractivity contribution < 1.29 is 4.79 Å². The van der Waals surface area contributed by atoms with Gasteiger partial charge in [0.25, 0.3) is 0 Å². The first kappa shape index (κ1) is 13.6. The maximum absolute atomic E-state index is 12.0. The molecule has 1 saturated heterocycles. The van der Waals surface area contributed by atoms with E-state index >= 15 is 0 Å². The Morgan fingerprint density at radius 2 is 2.21 bits per heavy atom. The second-order valence-electron chi connectivity index (χ2n) is 5.09. The molecule has 0 spiro atoms. The smallest absolute Gasteiger partial charge is 0.245 e. The molecule has 1 aliphatic heterocycles. The van der Waals surface area contributed by atoms with Crippen LogP contribution in [0, 0.1) is 0 Å². The Morgan fingerprint density at radius 1 is 1.47 bits per heavy atom. The third kappa shape index (κ3) is 2.22. The van der Waals surface area contributed by atoms with Gasteiger partial charge < -0.3 is 15.5 Å². The first-order valence-corrected chi connectivity index (χ1v) is 6.60. The van der Waals surface area contributed by atoms with Gasteiger partial charge in [-0.2, -0.15) is 0 Å². The van der Waals surface area contributed by atoms with Gasteiger partial charge in [-0.15, -0.1) is 0 Å². The fourth-order valence-corrected chi connectivity index (χ4v) is 2.45. The first-order valence-electron chi connectivity index (χ1n) is 6.60. The molecule has 1 fully saturated rings. The highest BCUT2D eigenvalue weighted by molar-refractivity contribution is 5.90. The molecule has 1 aromatic rings. The van der Waals surface area contributed by atoms with Gasteiger partial charge in [0.2, 0.25) is 5.91 Å². The predicted molar refractivity (Wildman–Crippen MR) is 75.4 cm³/mol. The van der Waals surface area contributed by atoms with Crippen LogP contribution in [-0.2, 0) is 11.2 Å². The highest BCUT2D eigenvalue weighted by atomic mass is 16.2. The summed E-state index contributed by atoms with van der Waals surface area (Å²) in [6, 6.07) is 0. The van der Waals surface area contributed by atoms with E-state index in [0.29, 0.717) is 6.54 Å². The molecule has 1 aromatic heterocycles. The zero-order chi connectivity index (χ0) is 14.0. The summed E-state index contributed by atoms with van der Waals surface area (Å²) in [5, 5.41) is 5.98. The summed E-state index contributed by atoms with van der Waals surface area (Å²) in [5.41, 5.74) is 0.453. The number of amides is 1. The quantitative estimate of drug-likeness (QED) is 0.844. The molecule has 2 N–H and O–H groups in total. The van der Waals surface area contributed by atoms with Crippen LogP contribution >= 0.6 is 0 Å². The largest absolute Gasteiger partial charge is 0.373 e. The number of carbonyl (C=O) groups is 1. The number of aromatic nitrogens is 2. The summed E-state index contributed by atoms with van der Waals surface area (Å²) in [7, 11) is 1.85. The lowest BCUT2D eigenvalue weighted by Crippen LogP contribution is -2.62. The number of piperazine rings is 1. The third-order valence-electron chi connectivity index (χ3n) is 3.62. The Hall–Kier alpha value is -1.85. The van der Waals surface area contributed by atoms with Gasteiger partial charge in [-0.3, -0.25) is 4.79 Å². The SMILES string of the molecule is CCc1c(NC)ncnc1N1CCNC(=O)C1(C)C. The number of rotatable bonds is 3. The molecule has 1 aliphatic rings. The third-order valence-corrected chi connectivity index (χ3v) is 3.62. The van der Waals surface area contributed by atoms with Gasteiger partial charge in [-0.25, -0.2) is 9.97 Å². The fraction of sp³-hybridized carbons (Fsp3) is 0.615. The van der Waals surface area contributed by atoms with Crippen molar-refractivity contribution >= 4 is 17.5 Å². The standard InChI is InChI=1S/C13H21N5O/c1-5-9-10(14-4)16-8-17-11(9)18-7-6-15-12(19)13(18,2)3/h8H,5-7H2,1-4H3,(H,15,19)(H,14,16,17). The van der Waals surface area contributed by atoms with Crippen molar-refractivity contribution in [2.75, 3.05) is 30.4 Å². The topological polar surface area (TPSA) is 70.2 Å². The summed E-state index contributed by atoms with van der Waals surface area (Å²) in [5.74, 6) is 1.71. The average molecular weight is 263 g/mol. The van der Waals surface area contributed by atoms with Crippen LogP contribution in [0.2, 0.25) is 0 Å². The fourth-order valence-electron chi connectivity index (χ4n) is 2.45. The Bertz CT molecular complexity index is 486. The van der Waals surface area contributed by atoms with Crippen LogP contribution in [0.5, 0.6) is 0 Å². The number of nitrogens with zero attached hydrogens (tertiary/aromatic N) is 3. The van der Waals surface area contributed by atoms with Crippen LogP contribution < -0.4 is 15.5 Å². The van der Waals surface area contributed by atoms with E-state index < -0.39 is 5.54 Å². The highest BCUT2D eigenvalue weighted by Gasteiger charge is 2.39. The Kier molecular flexibility index (Phi) is 3.59. The van der Waals surface area contributed by atoms with Crippen molar-refractivity contribution in [1.82, 2.24) is 15.3 Å². The van der Waals surface area contributed by atoms with Gasteiger partial charge in [-0.1, -0.05) is 6.92 Å². The van der Waals surface area contributed by atoms with Crippen molar-refractivity contribution in [1.29, 1.82) is 0 Å². The van der Waals surface area contributed by atoms with Crippen molar-refractivity contribution in [3.8, 4) is 0 Å². The van der Waals surface area contributed by atoms with Crippen LogP contribution in [-0.4, -0.2) is 41.6 Å². The summed E-state index contributed by atoms with van der Waals surface area (Å²) in [6.07, 6.45) is 2.36. The normalized spacial score (nSPS) is 18.1. The van der Waals surface area contributed by atoms with Crippen molar-refractivity contribution in [3.63, 3.8) is 0 Å². The van der Waals surface area contributed by atoms with Crippen LogP contribution in [0.15, 0.2) is 6.33 Å². The molecule has 1 amide bonds. The van der Waals surface area contributed by atoms with E-state index in [1.165, 1.54) is 0 Å². The van der Waals surface area contributed by atoms with Gasteiger partial charge in [0.1, 0.15) is 23.5 Å². The second kappa shape index (κ2) is 5.03. The molecule has 2 heterocycles. The van der Waals surface area contributed by atoms with E-state index in [4.69, 9.17) is 0 Å². The van der Waals surface area contributed by atoms with E-state index in [1.54, 1.807) is 6.33 Å². The molecule has 104 valence electrons. The molecular weight excluding hydrogens is 242 g/mol. The van der Waals surface area contributed by atoms with Crippen molar-refractivity contribution in [3.05, 3.63) is 11.9 Å². The zero-order valence-electron chi connectivity index (χ0n) is 11.9. The number of anilines is 2. The number of nitrogens with one attached hydrogen (secondary N) is 2. The molecular formula is C13H21N5O. The molecule has 0 atom stereocenters. The maximum Gasteiger partial charge on any atom is 0.245 e. The Labute approximate surface area is 113 Å². The van der Waals surface area contributed by atoms with Crippen LogP contribution in [0.1, 0.15) is 26.3 Å². The molecule has 6 nitrogen and oxygen atoms in total. The minimum absolute atomic E-state index is 0.0328. The van der Waals surface area contributed by atoms with Gasteiger partial charge in [0.05, 0.1) is 0 Å². The second-order valence-corrected chi connectivity index (χ2v) is 5.09. The van der Waals surface area contributed by atoms with Gasteiger partial charge >= 0.3 is 0 Å². The molecule has 0 bridgehead atoms. The number of carbonyl (C=O) groups excluding carboxylic acids is 1. The lowest BCUT2D eigenvalue weighted by molar-refractivity contribution is -0.126. The lowest BCUT2D eigenvalue weighted by atomic mass is 9.98. The average Bonchev–Trinajstić information content (AvgIpc) is 2.40. The van der Waals surface area contributed by atoms with Gasteiger partial charge in [-0.05, 0) is 20.3 Å². The van der Waals surface area contributed by atoms with E-state index in [0.717, 1.165) is 30.2 Å². The molecule has 6 heteroatoms. The molecule has 0 aromatic carbocycles. The van der Waals surface area contributed by atoms with E-state index in [9.17, 15) is 4.79 Å². The van der Waals surface area contributed by atoms with Crippen LogP contribution in [0.4, 0.5) is 11.6 Å². The predicted octanol–water partition coefficient (Wildman–Crippen LogP) is 0.795. The van der Waals surface area contributed by atoms with Gasteiger partial charge in [0.15, 0.2) is 0 Å². The zero-order valence-corrected chi connectivity index (χ0v) is 11.9. The molecule has 0 aliphatic carbocycles. The lowest BCUT2D eigenvalue weighted by Gasteiger charge is -2.42. The molecule has 2 rings (SSSR count). The molecule has 0 saturated carbocycles. The summed E-state index contributed by atoms with van der Waals surface area (Å²) in [6.45, 7) is 7.31. The molecule has 19 heavy (non-hydrogen) atoms. The van der Waals surface area contributed by atoms with Crippen molar-refractivity contribution in [2.24, 2.45) is 0 Å². The minimum atomic E-state index is -0.596. The Morgan fingerprint density at radius 3 is 2.84 bits per heavy atom. The Balaban J connectivity index is 2.49. The number of hydrogen-bond acceptors (Lipinski definition) is 5. The van der Waals surface area contributed by atoms with Crippen LogP contribution in [0.25, 0.3) is 0 Å². The maximum atomic E-state index is 12.0. The van der Waals surface area contributed by atoms with E-state index in [2.05, 4.69) is 32.4 Å². The number of hydrogen-bond donors (Lipinski definition) is 2. The van der Waals surface area contributed by atoms with E-state index in [1.807, 2.05) is 20.9 Å². The highest BCUT2D eigenvalue weighted by Crippen LogP contribution is 2.30. The summed E-state index contributed by atoms with van der Waals surface area (Å²) in [4.78, 5) is 22.8. The van der Waals surface area contributed by atoms with Crippen LogP contribution in [0.3, 0.4) is 0 Å². The van der Waals surface area contributed by atoms with E-state index in [-0.39, 0.29) is 5.91 Å². The first-order chi connectivity index (χ1) is 9.02. The summed E-state index contributed by atoms with van der Waals surface area (Å²) >= 11 is 0. The summed E-state index contributed by atoms with van der Waals surface area (Å²) < 4.78 is 0. The van der Waals surface area contributed by atoms with Gasteiger partial charge in [0, 0.05) is 25.7 Å².